The Morgan fingerprint density at radius 1 is 1.24 bits per heavy atom. The standard InChI is InChI=1S/C13H29N3O/c1-9(2)11(5)16(6)8-7-12(13(14)17)15-10(3)4/h9-12,15H,7-8H2,1-6H3,(H2,14,17). The number of nitrogens with one attached hydrogen (secondary N) is 1. The highest BCUT2D eigenvalue weighted by molar-refractivity contribution is 5.79. The van der Waals surface area contributed by atoms with E-state index in [1.165, 1.54) is 0 Å². The lowest BCUT2D eigenvalue weighted by molar-refractivity contribution is -0.120. The van der Waals surface area contributed by atoms with Crippen molar-refractivity contribution in [2.45, 2.75) is 59.2 Å². The van der Waals surface area contributed by atoms with Gasteiger partial charge in [-0.15, -0.1) is 0 Å². The molecule has 0 saturated heterocycles. The van der Waals surface area contributed by atoms with Crippen LogP contribution in [0.4, 0.5) is 0 Å². The molecule has 17 heavy (non-hydrogen) atoms. The van der Waals surface area contributed by atoms with Gasteiger partial charge in [0.2, 0.25) is 5.91 Å². The summed E-state index contributed by atoms with van der Waals surface area (Å²) in [6.45, 7) is 11.6. The molecule has 0 aliphatic rings. The van der Waals surface area contributed by atoms with Crippen molar-refractivity contribution in [1.29, 1.82) is 0 Å². The number of carbonyl (C=O) groups excluding carboxylic acids is 1. The van der Waals surface area contributed by atoms with Gasteiger partial charge in [0.1, 0.15) is 0 Å². The Morgan fingerprint density at radius 3 is 2.12 bits per heavy atom. The van der Waals surface area contributed by atoms with E-state index in [0.717, 1.165) is 13.0 Å². The van der Waals surface area contributed by atoms with E-state index in [2.05, 4.69) is 38.0 Å². The Morgan fingerprint density at radius 2 is 1.76 bits per heavy atom. The van der Waals surface area contributed by atoms with Gasteiger partial charge in [0.15, 0.2) is 0 Å². The van der Waals surface area contributed by atoms with Gasteiger partial charge in [-0.3, -0.25) is 4.79 Å². The second kappa shape index (κ2) is 7.67. The number of hydrogen-bond acceptors (Lipinski definition) is 3. The molecule has 4 nitrogen and oxygen atoms in total. The summed E-state index contributed by atoms with van der Waals surface area (Å²) in [6, 6.07) is 0.569. The van der Waals surface area contributed by atoms with Crippen LogP contribution in [0.1, 0.15) is 41.0 Å². The van der Waals surface area contributed by atoms with Crippen LogP contribution in [0, 0.1) is 5.92 Å². The molecular weight excluding hydrogens is 214 g/mol. The van der Waals surface area contributed by atoms with Gasteiger partial charge in [-0.25, -0.2) is 0 Å². The van der Waals surface area contributed by atoms with E-state index in [9.17, 15) is 4.79 Å². The monoisotopic (exact) mass is 243 g/mol. The molecule has 2 unspecified atom stereocenters. The molecule has 102 valence electrons. The number of nitrogens with two attached hydrogens (primary N) is 1. The maximum atomic E-state index is 11.3. The summed E-state index contributed by atoms with van der Waals surface area (Å²) in [6.07, 6.45) is 0.765. The molecule has 0 aromatic carbocycles. The van der Waals surface area contributed by atoms with Crippen molar-refractivity contribution >= 4 is 5.91 Å². The molecule has 0 fully saturated rings. The highest BCUT2D eigenvalue weighted by Crippen LogP contribution is 2.09. The molecule has 0 spiro atoms. The second-order valence-corrected chi connectivity index (χ2v) is 5.53. The number of nitrogens with zero attached hydrogens (tertiary/aromatic N) is 1. The summed E-state index contributed by atoms with van der Waals surface area (Å²) < 4.78 is 0. The normalized spacial score (nSPS) is 15.6. The fourth-order valence-corrected chi connectivity index (χ4v) is 1.76. The molecule has 4 heteroatoms. The third-order valence-electron chi connectivity index (χ3n) is 3.31. The van der Waals surface area contributed by atoms with E-state index in [-0.39, 0.29) is 18.0 Å². The number of primary amides is 1. The summed E-state index contributed by atoms with van der Waals surface area (Å²) in [5.41, 5.74) is 5.39. The van der Waals surface area contributed by atoms with Crippen molar-refractivity contribution < 1.29 is 4.79 Å². The Balaban J connectivity index is 4.17. The van der Waals surface area contributed by atoms with Gasteiger partial charge in [-0.05, 0) is 26.3 Å². The lowest BCUT2D eigenvalue weighted by Crippen LogP contribution is -2.47. The highest BCUT2D eigenvalue weighted by Gasteiger charge is 2.19. The smallest absolute Gasteiger partial charge is 0.234 e. The molecular formula is C13H29N3O. The number of carbonyl (C=O) groups is 1. The molecule has 0 aromatic rings. The van der Waals surface area contributed by atoms with Crippen molar-refractivity contribution in [3.63, 3.8) is 0 Å². The lowest BCUT2D eigenvalue weighted by atomic mass is 10.0. The molecule has 0 heterocycles. The van der Waals surface area contributed by atoms with E-state index in [0.29, 0.717) is 12.0 Å². The average molecular weight is 243 g/mol. The van der Waals surface area contributed by atoms with Gasteiger partial charge < -0.3 is 16.0 Å². The van der Waals surface area contributed by atoms with Crippen LogP contribution in [0.15, 0.2) is 0 Å². The first kappa shape index (κ1) is 16.4. The van der Waals surface area contributed by atoms with Gasteiger partial charge in [-0.2, -0.15) is 0 Å². The van der Waals surface area contributed by atoms with Gasteiger partial charge in [0.05, 0.1) is 6.04 Å². The first-order valence-electron chi connectivity index (χ1n) is 6.51. The van der Waals surface area contributed by atoms with E-state index in [1.807, 2.05) is 13.8 Å². The van der Waals surface area contributed by atoms with Crippen molar-refractivity contribution in [3.05, 3.63) is 0 Å². The van der Waals surface area contributed by atoms with Crippen LogP contribution in [-0.2, 0) is 4.79 Å². The summed E-state index contributed by atoms with van der Waals surface area (Å²) >= 11 is 0. The minimum atomic E-state index is -0.260. The fourth-order valence-electron chi connectivity index (χ4n) is 1.76. The Kier molecular flexibility index (Phi) is 7.39. The molecule has 2 atom stereocenters. The number of hydrogen-bond donors (Lipinski definition) is 2. The molecule has 0 aliphatic carbocycles. The number of amides is 1. The predicted octanol–water partition coefficient (Wildman–Crippen LogP) is 1.20. The van der Waals surface area contributed by atoms with Gasteiger partial charge in [0, 0.05) is 18.6 Å². The van der Waals surface area contributed by atoms with Crippen LogP contribution in [-0.4, -0.2) is 42.5 Å². The van der Waals surface area contributed by atoms with Gasteiger partial charge in [-0.1, -0.05) is 27.7 Å². The Hall–Kier alpha value is -0.610. The highest BCUT2D eigenvalue weighted by atomic mass is 16.1. The summed E-state index contributed by atoms with van der Waals surface area (Å²) in [5, 5.41) is 3.20. The fraction of sp³-hybridized carbons (Fsp3) is 0.923. The van der Waals surface area contributed by atoms with Crippen molar-refractivity contribution in [1.82, 2.24) is 10.2 Å². The zero-order valence-electron chi connectivity index (χ0n) is 12.2. The zero-order chi connectivity index (χ0) is 13.6. The third kappa shape index (κ3) is 6.64. The first-order valence-corrected chi connectivity index (χ1v) is 6.51. The topological polar surface area (TPSA) is 58.4 Å². The predicted molar refractivity (Wildman–Crippen MR) is 72.8 cm³/mol. The summed E-state index contributed by atoms with van der Waals surface area (Å²) in [5.74, 6) is 0.356. The summed E-state index contributed by atoms with van der Waals surface area (Å²) in [4.78, 5) is 13.6. The molecule has 0 saturated carbocycles. The molecule has 0 aromatic heterocycles. The molecule has 0 radical (unpaired) electrons. The van der Waals surface area contributed by atoms with Crippen molar-refractivity contribution in [2.24, 2.45) is 11.7 Å². The van der Waals surface area contributed by atoms with E-state index >= 15 is 0 Å². The van der Waals surface area contributed by atoms with Gasteiger partial charge >= 0.3 is 0 Å². The Bertz CT molecular complexity index is 229. The van der Waals surface area contributed by atoms with Crippen LogP contribution in [0.3, 0.4) is 0 Å². The third-order valence-corrected chi connectivity index (χ3v) is 3.31. The maximum absolute atomic E-state index is 11.3. The second-order valence-electron chi connectivity index (χ2n) is 5.53. The zero-order valence-corrected chi connectivity index (χ0v) is 12.2. The molecule has 0 aliphatic heterocycles. The molecule has 0 bridgehead atoms. The van der Waals surface area contributed by atoms with Crippen molar-refractivity contribution in [3.8, 4) is 0 Å². The Labute approximate surface area is 106 Å². The quantitative estimate of drug-likeness (QED) is 0.673. The van der Waals surface area contributed by atoms with Gasteiger partial charge in [0.25, 0.3) is 0 Å². The average Bonchev–Trinajstić information content (AvgIpc) is 2.21. The minimum Gasteiger partial charge on any atom is -0.368 e. The van der Waals surface area contributed by atoms with Crippen molar-refractivity contribution in [2.75, 3.05) is 13.6 Å². The largest absolute Gasteiger partial charge is 0.368 e. The molecule has 3 N–H and O–H groups in total. The van der Waals surface area contributed by atoms with Crippen LogP contribution >= 0.6 is 0 Å². The maximum Gasteiger partial charge on any atom is 0.234 e. The van der Waals surface area contributed by atoms with Crippen LogP contribution in [0.2, 0.25) is 0 Å². The van der Waals surface area contributed by atoms with E-state index < -0.39 is 0 Å². The molecule has 1 amide bonds. The summed E-state index contributed by atoms with van der Waals surface area (Å²) in [7, 11) is 2.10. The van der Waals surface area contributed by atoms with Crippen LogP contribution in [0.5, 0.6) is 0 Å². The van der Waals surface area contributed by atoms with E-state index in [4.69, 9.17) is 5.73 Å². The van der Waals surface area contributed by atoms with Crippen LogP contribution in [0.25, 0.3) is 0 Å². The van der Waals surface area contributed by atoms with Crippen LogP contribution < -0.4 is 11.1 Å². The first-order chi connectivity index (χ1) is 7.75. The number of rotatable bonds is 8. The molecule has 0 rings (SSSR count). The van der Waals surface area contributed by atoms with E-state index in [1.54, 1.807) is 0 Å². The SMILES string of the molecule is CC(C)NC(CCN(C)C(C)C(C)C)C(N)=O. The lowest BCUT2D eigenvalue weighted by Gasteiger charge is -2.29. The minimum absolute atomic E-state index is 0.225.